The third-order valence-corrected chi connectivity index (χ3v) is 3.33. The number of Topliss-reactive ketones (excluding diaryl/α,β-unsaturated/α-hetero) is 1. The Morgan fingerprint density at radius 1 is 1.25 bits per heavy atom. The van der Waals surface area contributed by atoms with Crippen LogP contribution in [0.5, 0.6) is 0 Å². The molecule has 86 valence electrons. The molecule has 1 aliphatic heterocycles. The van der Waals surface area contributed by atoms with Crippen molar-refractivity contribution in [3.63, 3.8) is 0 Å². The van der Waals surface area contributed by atoms with E-state index in [0.29, 0.717) is 0 Å². The number of hydrogen-bond acceptors (Lipinski definition) is 2. The van der Waals surface area contributed by atoms with E-state index in [0.717, 1.165) is 25.1 Å². The Morgan fingerprint density at radius 2 is 1.88 bits per heavy atom. The number of ketones is 1. The molecule has 1 atom stereocenters. The summed E-state index contributed by atoms with van der Waals surface area (Å²) in [6.07, 6.45) is 3.38. The van der Waals surface area contributed by atoms with Gasteiger partial charge in [0.1, 0.15) is 0 Å². The minimum atomic E-state index is 0.0879. The number of benzene rings is 1. The molecule has 0 spiro atoms. The number of hydrogen-bond donors (Lipinski definition) is 0. The third-order valence-electron chi connectivity index (χ3n) is 3.33. The molecule has 1 aromatic rings. The van der Waals surface area contributed by atoms with Crippen LogP contribution >= 0.6 is 0 Å². The number of carbonyl (C=O) groups excluding carboxylic acids is 1. The molecule has 2 nitrogen and oxygen atoms in total. The van der Waals surface area contributed by atoms with Crippen molar-refractivity contribution in [2.75, 3.05) is 13.1 Å². The topological polar surface area (TPSA) is 20.3 Å². The van der Waals surface area contributed by atoms with Gasteiger partial charge >= 0.3 is 0 Å². The van der Waals surface area contributed by atoms with Crippen molar-refractivity contribution in [3.8, 4) is 0 Å². The summed E-state index contributed by atoms with van der Waals surface area (Å²) in [4.78, 5) is 14.6. The first-order valence-electron chi connectivity index (χ1n) is 6.16. The van der Waals surface area contributed by atoms with Crippen molar-refractivity contribution in [3.05, 3.63) is 35.9 Å². The highest BCUT2D eigenvalue weighted by atomic mass is 16.1. The molecule has 0 aliphatic carbocycles. The molecular weight excluding hydrogens is 198 g/mol. The van der Waals surface area contributed by atoms with E-state index in [4.69, 9.17) is 0 Å². The average Bonchev–Trinajstić information content (AvgIpc) is 2.85. The summed E-state index contributed by atoms with van der Waals surface area (Å²) in [6.45, 7) is 4.26. The summed E-state index contributed by atoms with van der Waals surface area (Å²) in [6, 6.07) is 9.74. The SMILES string of the molecule is CCC(C(=O)c1ccccc1)N1CCCC1. The molecule has 0 N–H and O–H groups in total. The van der Waals surface area contributed by atoms with E-state index < -0.39 is 0 Å². The molecule has 1 aromatic carbocycles. The fourth-order valence-corrected chi connectivity index (χ4v) is 2.46. The fraction of sp³-hybridized carbons (Fsp3) is 0.500. The highest BCUT2D eigenvalue weighted by Crippen LogP contribution is 2.17. The molecule has 0 radical (unpaired) electrons. The lowest BCUT2D eigenvalue weighted by Crippen LogP contribution is -2.38. The zero-order valence-electron chi connectivity index (χ0n) is 9.86. The summed E-state index contributed by atoms with van der Waals surface area (Å²) in [5, 5.41) is 0. The van der Waals surface area contributed by atoms with Crippen LogP contribution in [0.4, 0.5) is 0 Å². The van der Waals surface area contributed by atoms with Crippen molar-refractivity contribution in [1.29, 1.82) is 0 Å². The van der Waals surface area contributed by atoms with Crippen molar-refractivity contribution in [1.82, 2.24) is 4.90 Å². The summed E-state index contributed by atoms with van der Waals surface area (Å²) < 4.78 is 0. The van der Waals surface area contributed by atoms with E-state index in [1.165, 1.54) is 12.8 Å². The van der Waals surface area contributed by atoms with Gasteiger partial charge in [0, 0.05) is 5.56 Å². The predicted molar refractivity (Wildman–Crippen MR) is 65.7 cm³/mol. The van der Waals surface area contributed by atoms with Gasteiger partial charge in [-0.25, -0.2) is 0 Å². The Morgan fingerprint density at radius 3 is 2.44 bits per heavy atom. The van der Waals surface area contributed by atoms with Crippen LogP contribution in [0.15, 0.2) is 30.3 Å². The summed E-state index contributed by atoms with van der Waals surface area (Å²) in [5.74, 6) is 0.282. The first-order chi connectivity index (χ1) is 7.83. The first-order valence-corrected chi connectivity index (χ1v) is 6.16. The minimum absolute atomic E-state index is 0.0879. The zero-order valence-corrected chi connectivity index (χ0v) is 9.86. The molecule has 0 amide bonds. The van der Waals surface area contributed by atoms with Crippen LogP contribution in [0.1, 0.15) is 36.5 Å². The number of nitrogens with zero attached hydrogens (tertiary/aromatic N) is 1. The maximum Gasteiger partial charge on any atom is 0.179 e. The van der Waals surface area contributed by atoms with Gasteiger partial charge in [0.2, 0.25) is 0 Å². The summed E-state index contributed by atoms with van der Waals surface area (Å²) in [5.41, 5.74) is 0.848. The number of carbonyl (C=O) groups is 1. The predicted octanol–water partition coefficient (Wildman–Crippen LogP) is 2.74. The van der Waals surface area contributed by atoms with Gasteiger partial charge in [-0.1, -0.05) is 37.3 Å². The monoisotopic (exact) mass is 217 g/mol. The Labute approximate surface area is 97.3 Å². The quantitative estimate of drug-likeness (QED) is 0.723. The second-order valence-electron chi connectivity index (χ2n) is 4.40. The molecule has 2 heteroatoms. The number of rotatable bonds is 4. The van der Waals surface area contributed by atoms with Crippen LogP contribution in [-0.4, -0.2) is 29.8 Å². The van der Waals surface area contributed by atoms with E-state index in [1.807, 2.05) is 30.3 Å². The lowest BCUT2D eigenvalue weighted by Gasteiger charge is -2.25. The maximum atomic E-state index is 12.3. The van der Waals surface area contributed by atoms with Crippen LogP contribution in [0.3, 0.4) is 0 Å². The smallest absolute Gasteiger partial charge is 0.179 e. The lowest BCUT2D eigenvalue weighted by atomic mass is 10.0. The van der Waals surface area contributed by atoms with E-state index in [1.54, 1.807) is 0 Å². The van der Waals surface area contributed by atoms with Gasteiger partial charge in [0.05, 0.1) is 6.04 Å². The van der Waals surface area contributed by atoms with E-state index >= 15 is 0 Å². The van der Waals surface area contributed by atoms with Crippen molar-refractivity contribution in [2.24, 2.45) is 0 Å². The van der Waals surface area contributed by atoms with Gasteiger partial charge in [-0.15, -0.1) is 0 Å². The second kappa shape index (κ2) is 5.26. The van der Waals surface area contributed by atoms with Crippen LogP contribution in [0.2, 0.25) is 0 Å². The highest BCUT2D eigenvalue weighted by Gasteiger charge is 2.26. The lowest BCUT2D eigenvalue weighted by molar-refractivity contribution is 0.0844. The molecule has 1 aliphatic rings. The molecule has 1 unspecified atom stereocenters. The normalized spacial score (nSPS) is 18.6. The van der Waals surface area contributed by atoms with E-state index in [2.05, 4.69) is 11.8 Å². The standard InChI is InChI=1S/C14H19NO/c1-2-13(15-10-6-7-11-15)14(16)12-8-4-3-5-9-12/h3-5,8-9,13H,2,6-7,10-11H2,1H3. The van der Waals surface area contributed by atoms with Crippen LogP contribution in [0.25, 0.3) is 0 Å². The van der Waals surface area contributed by atoms with Crippen LogP contribution in [0, 0.1) is 0 Å². The van der Waals surface area contributed by atoms with Gasteiger partial charge in [-0.3, -0.25) is 9.69 Å². The molecule has 2 rings (SSSR count). The van der Waals surface area contributed by atoms with Gasteiger partial charge < -0.3 is 0 Å². The minimum Gasteiger partial charge on any atom is -0.293 e. The summed E-state index contributed by atoms with van der Waals surface area (Å²) in [7, 11) is 0. The maximum absolute atomic E-state index is 12.3. The molecule has 16 heavy (non-hydrogen) atoms. The van der Waals surface area contributed by atoms with Crippen molar-refractivity contribution < 1.29 is 4.79 Å². The summed E-state index contributed by atoms with van der Waals surface area (Å²) >= 11 is 0. The zero-order chi connectivity index (χ0) is 11.4. The Kier molecular flexibility index (Phi) is 3.73. The fourth-order valence-electron chi connectivity index (χ4n) is 2.46. The number of likely N-dealkylation sites (tertiary alicyclic amines) is 1. The first kappa shape index (κ1) is 11.3. The van der Waals surface area contributed by atoms with Gasteiger partial charge in [-0.05, 0) is 32.4 Å². The molecule has 1 fully saturated rings. The Bertz CT molecular complexity index is 341. The van der Waals surface area contributed by atoms with E-state index in [-0.39, 0.29) is 11.8 Å². The van der Waals surface area contributed by atoms with Crippen molar-refractivity contribution in [2.45, 2.75) is 32.2 Å². The van der Waals surface area contributed by atoms with Crippen LogP contribution in [-0.2, 0) is 0 Å². The molecule has 1 heterocycles. The molecule has 0 saturated carbocycles. The molecule has 1 saturated heterocycles. The molecular formula is C14H19NO. The second-order valence-corrected chi connectivity index (χ2v) is 4.40. The molecule has 0 bridgehead atoms. The van der Waals surface area contributed by atoms with Gasteiger partial charge in [0.15, 0.2) is 5.78 Å². The third kappa shape index (κ3) is 2.33. The Hall–Kier alpha value is -1.15. The van der Waals surface area contributed by atoms with Crippen molar-refractivity contribution >= 4 is 5.78 Å². The Balaban J connectivity index is 2.12. The van der Waals surface area contributed by atoms with Crippen LogP contribution < -0.4 is 0 Å². The van der Waals surface area contributed by atoms with E-state index in [9.17, 15) is 4.79 Å². The van der Waals surface area contributed by atoms with Gasteiger partial charge in [0.25, 0.3) is 0 Å². The highest BCUT2D eigenvalue weighted by molar-refractivity contribution is 6.00. The van der Waals surface area contributed by atoms with Gasteiger partial charge in [-0.2, -0.15) is 0 Å². The largest absolute Gasteiger partial charge is 0.293 e. The average molecular weight is 217 g/mol. The molecule has 0 aromatic heterocycles.